The number of hydrogen-bond acceptors (Lipinski definition) is 5. The van der Waals surface area contributed by atoms with Gasteiger partial charge in [-0.2, -0.15) is 4.31 Å². The molecule has 1 aromatic heterocycles. The molecule has 8 heteroatoms. The molecule has 0 bridgehead atoms. The Kier molecular flexibility index (Phi) is 6.39. The van der Waals surface area contributed by atoms with E-state index >= 15 is 0 Å². The van der Waals surface area contributed by atoms with Crippen LogP contribution in [0.3, 0.4) is 0 Å². The molecule has 2 aromatic rings. The fraction of sp³-hybridized carbons (Fsp3) is 0.438. The van der Waals surface area contributed by atoms with Gasteiger partial charge in [0.1, 0.15) is 5.01 Å². The molecule has 1 atom stereocenters. The summed E-state index contributed by atoms with van der Waals surface area (Å²) in [6.07, 6.45) is 1.87. The van der Waals surface area contributed by atoms with Gasteiger partial charge in [-0.25, -0.2) is 13.4 Å². The van der Waals surface area contributed by atoms with Crippen LogP contribution in [0.4, 0.5) is 0 Å². The number of benzene rings is 1. The van der Waals surface area contributed by atoms with E-state index in [1.807, 2.05) is 18.4 Å². The maximum Gasteiger partial charge on any atom is 0.243 e. The van der Waals surface area contributed by atoms with Crippen molar-refractivity contribution in [3.8, 4) is 10.6 Å². The number of nitrogens with zero attached hydrogens (tertiary/aromatic N) is 2. The first kappa shape index (κ1) is 19.3. The fourth-order valence-electron chi connectivity index (χ4n) is 2.86. The van der Waals surface area contributed by atoms with Gasteiger partial charge < -0.3 is 5.73 Å². The van der Waals surface area contributed by atoms with Gasteiger partial charge in [0.05, 0.1) is 4.90 Å². The summed E-state index contributed by atoms with van der Waals surface area (Å²) in [5, 5.41) is 2.81. The topological polar surface area (TPSA) is 76.3 Å². The van der Waals surface area contributed by atoms with Gasteiger partial charge in [-0.05, 0) is 44.4 Å². The maximum atomic E-state index is 12.9. The van der Waals surface area contributed by atoms with Crippen molar-refractivity contribution in [1.29, 1.82) is 0 Å². The third-order valence-corrected chi connectivity index (χ3v) is 7.02. The largest absolute Gasteiger partial charge is 0.330 e. The number of hydrogen-bond donors (Lipinski definition) is 1. The molecule has 3 rings (SSSR count). The molecule has 1 fully saturated rings. The Morgan fingerprint density at radius 1 is 1.42 bits per heavy atom. The van der Waals surface area contributed by atoms with Crippen molar-refractivity contribution in [2.75, 3.05) is 19.6 Å². The molecular weight excluding hydrogens is 366 g/mol. The Morgan fingerprint density at radius 3 is 2.88 bits per heavy atom. The van der Waals surface area contributed by atoms with Crippen molar-refractivity contribution in [2.45, 2.75) is 24.7 Å². The molecule has 0 spiro atoms. The van der Waals surface area contributed by atoms with E-state index in [2.05, 4.69) is 4.98 Å². The number of aromatic nitrogens is 1. The zero-order valence-corrected chi connectivity index (χ0v) is 16.0. The first-order valence-corrected chi connectivity index (χ1v) is 10.1. The molecule has 0 saturated carbocycles. The summed E-state index contributed by atoms with van der Waals surface area (Å²) in [6.45, 7) is 3.55. The summed E-state index contributed by atoms with van der Waals surface area (Å²) in [6, 6.07) is 7.06. The molecule has 24 heavy (non-hydrogen) atoms. The van der Waals surface area contributed by atoms with Gasteiger partial charge in [0.15, 0.2) is 0 Å². The van der Waals surface area contributed by atoms with Gasteiger partial charge in [-0.1, -0.05) is 12.1 Å². The van der Waals surface area contributed by atoms with Gasteiger partial charge in [0.2, 0.25) is 10.0 Å². The highest BCUT2D eigenvalue weighted by Gasteiger charge is 2.29. The van der Waals surface area contributed by atoms with Crippen LogP contribution in [0.25, 0.3) is 10.6 Å². The lowest BCUT2D eigenvalue weighted by Gasteiger charge is -2.31. The van der Waals surface area contributed by atoms with E-state index in [1.54, 1.807) is 22.5 Å². The third kappa shape index (κ3) is 3.97. The predicted molar refractivity (Wildman–Crippen MR) is 100 cm³/mol. The average molecular weight is 388 g/mol. The Hall–Kier alpha value is -0.990. The average Bonchev–Trinajstić information content (AvgIpc) is 3.01. The van der Waals surface area contributed by atoms with Crippen molar-refractivity contribution >= 4 is 33.8 Å². The highest BCUT2D eigenvalue weighted by atomic mass is 35.5. The molecule has 1 aliphatic rings. The van der Waals surface area contributed by atoms with E-state index in [1.165, 1.54) is 11.3 Å². The van der Waals surface area contributed by atoms with E-state index < -0.39 is 10.0 Å². The van der Waals surface area contributed by atoms with Crippen LogP contribution in [-0.2, 0) is 10.0 Å². The van der Waals surface area contributed by atoms with Gasteiger partial charge >= 0.3 is 0 Å². The number of thiazole rings is 1. The van der Waals surface area contributed by atoms with Crippen LogP contribution in [-0.4, -0.2) is 37.3 Å². The highest BCUT2D eigenvalue weighted by molar-refractivity contribution is 7.89. The van der Waals surface area contributed by atoms with Crippen LogP contribution in [0.1, 0.15) is 18.5 Å². The van der Waals surface area contributed by atoms with E-state index in [9.17, 15) is 8.42 Å². The highest BCUT2D eigenvalue weighted by Crippen LogP contribution is 2.28. The van der Waals surface area contributed by atoms with E-state index in [0.717, 1.165) is 29.1 Å². The maximum absolute atomic E-state index is 12.9. The van der Waals surface area contributed by atoms with Crippen molar-refractivity contribution in [2.24, 2.45) is 11.7 Å². The Balaban J connectivity index is 0.00000208. The van der Waals surface area contributed by atoms with E-state index in [4.69, 9.17) is 5.73 Å². The number of piperidine rings is 1. The molecule has 5 nitrogen and oxygen atoms in total. The zero-order chi connectivity index (χ0) is 16.4. The smallest absolute Gasteiger partial charge is 0.243 e. The number of sulfonamides is 1. The third-order valence-electron chi connectivity index (χ3n) is 4.15. The molecule has 1 saturated heterocycles. The van der Waals surface area contributed by atoms with Crippen molar-refractivity contribution < 1.29 is 8.42 Å². The van der Waals surface area contributed by atoms with Crippen molar-refractivity contribution in [1.82, 2.24) is 9.29 Å². The van der Waals surface area contributed by atoms with Gasteiger partial charge in [-0.3, -0.25) is 0 Å². The first-order chi connectivity index (χ1) is 11.0. The predicted octanol–water partition coefficient (Wildman–Crippen LogP) is 2.90. The normalized spacial score (nSPS) is 19.0. The van der Waals surface area contributed by atoms with Crippen LogP contribution >= 0.6 is 23.7 Å². The van der Waals surface area contributed by atoms with Crippen LogP contribution in [0, 0.1) is 12.8 Å². The van der Waals surface area contributed by atoms with Crippen LogP contribution in [0.15, 0.2) is 34.5 Å². The molecule has 2 N–H and O–H groups in total. The Morgan fingerprint density at radius 2 is 2.21 bits per heavy atom. The molecule has 1 aliphatic heterocycles. The minimum atomic E-state index is -3.47. The Bertz CT molecular complexity index is 792. The minimum absolute atomic E-state index is 0. The second-order valence-corrected chi connectivity index (χ2v) is 8.72. The molecule has 1 unspecified atom stereocenters. The van der Waals surface area contributed by atoms with Gasteiger partial charge in [-0.15, -0.1) is 23.7 Å². The summed E-state index contributed by atoms with van der Waals surface area (Å²) in [7, 11) is -3.47. The molecule has 2 heterocycles. The number of halogens is 1. The lowest BCUT2D eigenvalue weighted by molar-refractivity contribution is 0.271. The van der Waals surface area contributed by atoms with E-state index in [-0.39, 0.29) is 18.3 Å². The molecule has 132 valence electrons. The van der Waals surface area contributed by atoms with Crippen LogP contribution in [0.2, 0.25) is 0 Å². The molecule has 0 amide bonds. The quantitative estimate of drug-likeness (QED) is 0.875. The minimum Gasteiger partial charge on any atom is -0.330 e. The summed E-state index contributed by atoms with van der Waals surface area (Å²) in [5.41, 5.74) is 7.51. The van der Waals surface area contributed by atoms with E-state index in [0.29, 0.717) is 24.5 Å². The monoisotopic (exact) mass is 387 g/mol. The molecule has 0 radical (unpaired) electrons. The number of nitrogens with two attached hydrogens (primary N) is 1. The summed E-state index contributed by atoms with van der Waals surface area (Å²) < 4.78 is 27.4. The van der Waals surface area contributed by atoms with Gasteiger partial charge in [0, 0.05) is 29.7 Å². The number of aryl methyl sites for hydroxylation is 1. The second-order valence-electron chi connectivity index (χ2n) is 5.93. The summed E-state index contributed by atoms with van der Waals surface area (Å²) in [4.78, 5) is 4.77. The second kappa shape index (κ2) is 7.93. The lowest BCUT2D eigenvalue weighted by atomic mass is 10.0. The van der Waals surface area contributed by atoms with Gasteiger partial charge in [0.25, 0.3) is 0 Å². The standard InChI is InChI=1S/C16H21N3O2S2.ClH/c1-12-11-22-16(18-12)14-5-2-6-15(8-14)23(20,21)19-7-3-4-13(9-17)10-19;/h2,5-6,8,11,13H,3-4,7,9-10,17H2,1H3;1H. The summed E-state index contributed by atoms with van der Waals surface area (Å²) >= 11 is 1.53. The molecule has 1 aromatic carbocycles. The first-order valence-electron chi connectivity index (χ1n) is 7.73. The lowest BCUT2D eigenvalue weighted by Crippen LogP contribution is -2.41. The van der Waals surface area contributed by atoms with Crippen molar-refractivity contribution in [3.05, 3.63) is 35.3 Å². The molecular formula is C16H22ClN3O2S2. The fourth-order valence-corrected chi connectivity index (χ4v) is 5.26. The molecule has 0 aliphatic carbocycles. The zero-order valence-electron chi connectivity index (χ0n) is 13.5. The number of rotatable bonds is 4. The SMILES string of the molecule is Cc1csc(-c2cccc(S(=O)(=O)N3CCCC(CN)C3)c2)n1.Cl. The Labute approximate surface area is 153 Å². The summed E-state index contributed by atoms with van der Waals surface area (Å²) in [5.74, 6) is 0.253. The van der Waals surface area contributed by atoms with Crippen molar-refractivity contribution in [3.63, 3.8) is 0 Å². The van der Waals surface area contributed by atoms with Crippen LogP contribution < -0.4 is 5.73 Å². The van der Waals surface area contributed by atoms with Crippen LogP contribution in [0.5, 0.6) is 0 Å².